The SMILES string of the molecule is CC(=O)c1ccc(NC(=O)N2CCC(Cc3ccc(NC(=O)Nc4cc(C(C)(C)C)nn4-c4ccc(C)cc4)cc3)CC2)cc1. The number of carbonyl (C=O) groups excluding carboxylic acids is 3. The van der Waals surface area contributed by atoms with Gasteiger partial charge in [0.1, 0.15) is 5.82 Å². The first-order chi connectivity index (χ1) is 21.4. The number of likely N-dealkylation sites (tertiary alicyclic amines) is 1. The number of Topliss-reactive ketones (excluding diaryl/α,β-unsaturated/α-hetero) is 1. The molecule has 0 radical (unpaired) electrons. The molecule has 0 spiro atoms. The number of aromatic nitrogens is 2. The van der Waals surface area contributed by atoms with Gasteiger partial charge in [0, 0.05) is 41.5 Å². The molecule has 3 aromatic carbocycles. The highest BCUT2D eigenvalue weighted by Gasteiger charge is 2.24. The van der Waals surface area contributed by atoms with Crippen LogP contribution in [-0.2, 0) is 11.8 Å². The summed E-state index contributed by atoms with van der Waals surface area (Å²) >= 11 is 0. The standard InChI is InChI=1S/C36H42N6O3/c1-24-6-16-31(17-7-24)42-33(23-32(40-42)36(3,4)5)39-34(44)37-29-12-8-26(9-13-29)22-27-18-20-41(21-19-27)35(45)38-30-14-10-28(11-15-30)25(2)43/h6-17,23,27H,18-22H2,1-5H3,(H,38,45)(H2,37,39,44). The van der Waals surface area contributed by atoms with Crippen LogP contribution in [0.1, 0.15) is 67.7 Å². The normalized spacial score (nSPS) is 13.8. The van der Waals surface area contributed by atoms with Gasteiger partial charge in [0.25, 0.3) is 0 Å². The van der Waals surface area contributed by atoms with E-state index in [4.69, 9.17) is 5.10 Å². The summed E-state index contributed by atoms with van der Waals surface area (Å²) in [4.78, 5) is 39.1. The highest BCUT2D eigenvalue weighted by Crippen LogP contribution is 2.27. The Hall–Kier alpha value is -4.92. The van der Waals surface area contributed by atoms with Crippen molar-refractivity contribution in [3.63, 3.8) is 0 Å². The van der Waals surface area contributed by atoms with Crippen molar-refractivity contribution in [3.8, 4) is 5.69 Å². The largest absolute Gasteiger partial charge is 0.325 e. The van der Waals surface area contributed by atoms with Crippen LogP contribution < -0.4 is 16.0 Å². The molecule has 5 rings (SSSR count). The Labute approximate surface area is 265 Å². The molecule has 9 heteroatoms. The van der Waals surface area contributed by atoms with Crippen LogP contribution in [0.25, 0.3) is 5.69 Å². The number of urea groups is 2. The van der Waals surface area contributed by atoms with Crippen molar-refractivity contribution in [1.82, 2.24) is 14.7 Å². The van der Waals surface area contributed by atoms with Crippen molar-refractivity contribution >= 4 is 35.0 Å². The van der Waals surface area contributed by atoms with E-state index in [9.17, 15) is 14.4 Å². The molecule has 2 heterocycles. The molecule has 4 amide bonds. The molecule has 45 heavy (non-hydrogen) atoms. The number of amides is 4. The summed E-state index contributed by atoms with van der Waals surface area (Å²) in [6.45, 7) is 11.2. The van der Waals surface area contributed by atoms with Crippen LogP contribution in [0.2, 0.25) is 0 Å². The maximum atomic E-state index is 13.0. The Bertz CT molecular complexity index is 1640. The van der Waals surface area contributed by atoms with Gasteiger partial charge in [0.15, 0.2) is 5.78 Å². The number of hydrogen-bond acceptors (Lipinski definition) is 4. The van der Waals surface area contributed by atoms with Crippen LogP contribution in [0, 0.1) is 12.8 Å². The Morgan fingerprint density at radius 3 is 2.02 bits per heavy atom. The predicted octanol–water partition coefficient (Wildman–Crippen LogP) is 7.81. The predicted molar refractivity (Wildman–Crippen MR) is 180 cm³/mol. The van der Waals surface area contributed by atoms with Gasteiger partial charge < -0.3 is 15.5 Å². The van der Waals surface area contributed by atoms with Crippen LogP contribution in [0.5, 0.6) is 0 Å². The number of nitrogens with one attached hydrogen (secondary N) is 3. The smallest absolute Gasteiger partial charge is 0.324 e. The van der Waals surface area contributed by atoms with Crippen LogP contribution in [0.15, 0.2) is 78.9 Å². The second-order valence-electron chi connectivity index (χ2n) is 12.9. The van der Waals surface area contributed by atoms with E-state index in [0.29, 0.717) is 41.8 Å². The van der Waals surface area contributed by atoms with E-state index >= 15 is 0 Å². The monoisotopic (exact) mass is 606 g/mol. The Kier molecular flexibility index (Phi) is 9.37. The summed E-state index contributed by atoms with van der Waals surface area (Å²) in [7, 11) is 0. The van der Waals surface area contributed by atoms with Crippen molar-refractivity contribution < 1.29 is 14.4 Å². The first-order valence-electron chi connectivity index (χ1n) is 15.5. The zero-order valence-electron chi connectivity index (χ0n) is 26.7. The molecule has 234 valence electrons. The van der Waals surface area contributed by atoms with Gasteiger partial charge in [-0.2, -0.15) is 5.10 Å². The van der Waals surface area contributed by atoms with Crippen molar-refractivity contribution in [2.24, 2.45) is 5.92 Å². The van der Waals surface area contributed by atoms with E-state index in [0.717, 1.165) is 36.2 Å². The minimum atomic E-state index is -0.336. The number of carbonyl (C=O) groups is 3. The summed E-state index contributed by atoms with van der Waals surface area (Å²) < 4.78 is 1.77. The molecule has 3 N–H and O–H groups in total. The highest BCUT2D eigenvalue weighted by molar-refractivity contribution is 5.99. The molecule has 0 atom stereocenters. The van der Waals surface area contributed by atoms with E-state index in [2.05, 4.69) is 36.7 Å². The molecule has 1 aliphatic heterocycles. The van der Waals surface area contributed by atoms with Crippen molar-refractivity contribution in [1.29, 1.82) is 0 Å². The van der Waals surface area contributed by atoms with Crippen molar-refractivity contribution in [2.75, 3.05) is 29.0 Å². The maximum Gasteiger partial charge on any atom is 0.324 e. The molecule has 1 fully saturated rings. The number of anilines is 3. The number of rotatable bonds is 7. The van der Waals surface area contributed by atoms with Crippen LogP contribution in [0.3, 0.4) is 0 Å². The lowest BCUT2D eigenvalue weighted by Crippen LogP contribution is -2.41. The molecule has 1 saturated heterocycles. The van der Waals surface area contributed by atoms with Gasteiger partial charge in [-0.25, -0.2) is 14.3 Å². The fraction of sp³-hybridized carbons (Fsp3) is 0.333. The quantitative estimate of drug-likeness (QED) is 0.186. The lowest BCUT2D eigenvalue weighted by Gasteiger charge is -2.32. The molecule has 0 unspecified atom stereocenters. The van der Waals surface area contributed by atoms with E-state index < -0.39 is 0 Å². The van der Waals surface area contributed by atoms with E-state index in [1.165, 1.54) is 12.5 Å². The fourth-order valence-electron chi connectivity index (χ4n) is 5.39. The zero-order valence-corrected chi connectivity index (χ0v) is 26.7. The van der Waals surface area contributed by atoms with Crippen LogP contribution >= 0.6 is 0 Å². The molecule has 0 aliphatic carbocycles. The third kappa shape index (κ3) is 8.17. The molecular weight excluding hydrogens is 564 g/mol. The summed E-state index contributed by atoms with van der Waals surface area (Å²) in [5, 5.41) is 13.6. The highest BCUT2D eigenvalue weighted by atomic mass is 16.2. The lowest BCUT2D eigenvalue weighted by atomic mass is 9.90. The minimum Gasteiger partial charge on any atom is -0.325 e. The van der Waals surface area contributed by atoms with Crippen molar-refractivity contribution in [2.45, 2.75) is 59.3 Å². The Balaban J connectivity index is 1.12. The summed E-state index contributed by atoms with van der Waals surface area (Å²) in [5.74, 6) is 1.08. The number of piperidine rings is 1. The Morgan fingerprint density at radius 1 is 0.822 bits per heavy atom. The molecule has 0 saturated carbocycles. The number of ketones is 1. The van der Waals surface area contributed by atoms with Gasteiger partial charge in [0.2, 0.25) is 0 Å². The first-order valence-corrected chi connectivity index (χ1v) is 15.5. The maximum absolute atomic E-state index is 13.0. The van der Waals surface area contributed by atoms with E-state index in [-0.39, 0.29) is 23.3 Å². The molecule has 9 nitrogen and oxygen atoms in total. The average molecular weight is 607 g/mol. The number of nitrogens with zero attached hydrogens (tertiary/aromatic N) is 3. The zero-order chi connectivity index (χ0) is 32.1. The summed E-state index contributed by atoms with van der Waals surface area (Å²) in [5.41, 5.74) is 5.95. The first kappa shape index (κ1) is 31.5. The number of benzene rings is 3. The second-order valence-corrected chi connectivity index (χ2v) is 12.9. The van der Waals surface area contributed by atoms with Gasteiger partial charge in [-0.15, -0.1) is 0 Å². The van der Waals surface area contributed by atoms with Crippen LogP contribution in [-0.4, -0.2) is 45.6 Å². The summed E-state index contributed by atoms with van der Waals surface area (Å²) in [6.07, 6.45) is 2.76. The molecule has 1 aliphatic rings. The topological polar surface area (TPSA) is 108 Å². The second kappa shape index (κ2) is 13.4. The van der Waals surface area contributed by atoms with Gasteiger partial charge in [-0.3, -0.25) is 10.1 Å². The summed E-state index contributed by atoms with van der Waals surface area (Å²) in [6, 6.07) is 24.4. The minimum absolute atomic E-state index is 0.000526. The van der Waals surface area contributed by atoms with Gasteiger partial charge in [-0.1, -0.05) is 50.6 Å². The number of hydrogen-bond donors (Lipinski definition) is 3. The molecule has 1 aromatic heterocycles. The number of aryl methyl sites for hydroxylation is 1. The third-order valence-electron chi connectivity index (χ3n) is 8.18. The lowest BCUT2D eigenvalue weighted by molar-refractivity contribution is 0.101. The fourth-order valence-corrected chi connectivity index (χ4v) is 5.39. The molecular formula is C36H42N6O3. The third-order valence-corrected chi connectivity index (χ3v) is 8.18. The van der Waals surface area contributed by atoms with Gasteiger partial charge in [0.05, 0.1) is 11.4 Å². The van der Waals surface area contributed by atoms with Crippen molar-refractivity contribution in [3.05, 3.63) is 101 Å². The van der Waals surface area contributed by atoms with Crippen LogP contribution in [0.4, 0.5) is 26.8 Å². The average Bonchev–Trinajstić information content (AvgIpc) is 3.43. The Morgan fingerprint density at radius 2 is 1.42 bits per heavy atom. The van der Waals surface area contributed by atoms with Gasteiger partial charge in [-0.05, 0) is 93.1 Å². The molecule has 0 bridgehead atoms. The molecule has 4 aromatic rings. The van der Waals surface area contributed by atoms with Gasteiger partial charge >= 0.3 is 12.1 Å². The van der Waals surface area contributed by atoms with E-state index in [1.54, 1.807) is 28.9 Å². The van der Waals surface area contributed by atoms with E-state index in [1.807, 2.05) is 66.4 Å².